The minimum atomic E-state index is -0.960. The number of carbonyl (C=O) groups is 3. The van der Waals surface area contributed by atoms with E-state index in [1.807, 2.05) is 0 Å². The fourth-order valence-corrected chi connectivity index (χ4v) is 4.22. The van der Waals surface area contributed by atoms with Gasteiger partial charge in [-0.2, -0.15) is 0 Å². The fraction of sp³-hybridized carbons (Fsp3) is 0.833. The summed E-state index contributed by atoms with van der Waals surface area (Å²) in [5.74, 6) is -0.962. The number of aliphatic carboxylic acids is 1. The third-order valence-corrected chi connectivity index (χ3v) is 5.78. The van der Waals surface area contributed by atoms with E-state index in [9.17, 15) is 19.5 Å². The summed E-state index contributed by atoms with van der Waals surface area (Å²) >= 11 is 0. The first kappa shape index (κ1) is 18.0. The second-order valence-electron chi connectivity index (χ2n) is 9.19. The van der Waals surface area contributed by atoms with Crippen LogP contribution in [0.5, 0.6) is 0 Å². The predicted molar refractivity (Wildman–Crippen MR) is 89.8 cm³/mol. The number of carboxylic acids is 1. The van der Waals surface area contributed by atoms with Gasteiger partial charge in [0.15, 0.2) is 0 Å². The number of hydrogen-bond donors (Lipinski definition) is 2. The number of hydrogen-bond acceptors (Lipinski definition) is 4. The lowest BCUT2D eigenvalue weighted by Gasteiger charge is -2.32. The summed E-state index contributed by atoms with van der Waals surface area (Å²) < 4.78 is 5.26. The zero-order valence-electron chi connectivity index (χ0n) is 15.5. The number of alkyl carbamates (subject to hydrolysis) is 1. The van der Waals surface area contributed by atoms with Crippen molar-refractivity contribution in [3.05, 3.63) is 0 Å². The molecule has 3 aliphatic rings. The molecule has 7 nitrogen and oxygen atoms in total. The van der Waals surface area contributed by atoms with Gasteiger partial charge in [0.05, 0.1) is 0 Å². The van der Waals surface area contributed by atoms with E-state index >= 15 is 0 Å². The van der Waals surface area contributed by atoms with E-state index in [1.54, 1.807) is 20.8 Å². The van der Waals surface area contributed by atoms with E-state index in [4.69, 9.17) is 4.74 Å². The monoisotopic (exact) mass is 352 g/mol. The van der Waals surface area contributed by atoms with E-state index < -0.39 is 29.7 Å². The normalized spacial score (nSPS) is 31.1. The Labute approximate surface area is 148 Å². The molecule has 0 unspecified atom stereocenters. The van der Waals surface area contributed by atoms with Crippen LogP contribution in [-0.4, -0.2) is 52.2 Å². The molecule has 2 aliphatic carbocycles. The Morgan fingerprint density at radius 3 is 2.32 bits per heavy atom. The van der Waals surface area contributed by atoms with Crippen molar-refractivity contribution >= 4 is 18.0 Å². The number of ether oxygens (including phenoxy) is 1. The first-order valence-electron chi connectivity index (χ1n) is 8.96. The van der Waals surface area contributed by atoms with Crippen LogP contribution in [0.2, 0.25) is 0 Å². The average molecular weight is 352 g/mol. The number of nitrogens with zero attached hydrogens (tertiary/aromatic N) is 1. The molecular weight excluding hydrogens is 324 g/mol. The minimum Gasteiger partial charge on any atom is -0.480 e. The van der Waals surface area contributed by atoms with Gasteiger partial charge in [-0.05, 0) is 50.9 Å². The molecule has 2 amide bonds. The standard InChI is InChI=1S/C18H28N2O5/c1-17(2,3)25-16(24)19-12(9-6-7-9)14(21)20-8-10-11(18(10,4)5)13(20)15(22)23/h9-13H,6-8H2,1-5H3,(H,19,24)(H,22,23)/t10-,11-,12-,13-/m0/s1. The van der Waals surface area contributed by atoms with Crippen molar-refractivity contribution in [2.75, 3.05) is 6.54 Å². The van der Waals surface area contributed by atoms with E-state index in [0.29, 0.717) is 6.54 Å². The molecule has 2 N–H and O–H groups in total. The van der Waals surface area contributed by atoms with Gasteiger partial charge in [-0.15, -0.1) is 0 Å². The van der Waals surface area contributed by atoms with Crippen LogP contribution in [0.15, 0.2) is 0 Å². The van der Waals surface area contributed by atoms with Gasteiger partial charge in [0.2, 0.25) is 5.91 Å². The number of carbonyl (C=O) groups excluding carboxylic acids is 2. The van der Waals surface area contributed by atoms with Gasteiger partial charge in [-0.3, -0.25) is 4.79 Å². The van der Waals surface area contributed by atoms with Crippen molar-refractivity contribution < 1.29 is 24.2 Å². The largest absolute Gasteiger partial charge is 0.480 e. The predicted octanol–water partition coefficient (Wildman–Crippen LogP) is 1.86. The molecule has 2 saturated carbocycles. The zero-order chi connectivity index (χ0) is 18.7. The molecule has 3 fully saturated rings. The SMILES string of the molecule is CC(C)(C)OC(=O)N[C@H](C(=O)N1C[C@H]2[C@@H]([C@H]1C(=O)O)C2(C)C)C1CC1. The van der Waals surface area contributed by atoms with Crippen LogP contribution in [0, 0.1) is 23.2 Å². The van der Waals surface area contributed by atoms with Gasteiger partial charge >= 0.3 is 12.1 Å². The number of rotatable bonds is 4. The van der Waals surface area contributed by atoms with E-state index in [2.05, 4.69) is 19.2 Å². The highest BCUT2D eigenvalue weighted by Gasteiger charge is 2.70. The Kier molecular flexibility index (Phi) is 4.04. The molecule has 1 aliphatic heterocycles. The summed E-state index contributed by atoms with van der Waals surface area (Å²) in [7, 11) is 0. The molecular formula is C18H28N2O5. The lowest BCUT2D eigenvalue weighted by Crippen LogP contribution is -2.55. The molecule has 0 aromatic heterocycles. The van der Waals surface area contributed by atoms with Gasteiger partial charge in [-0.1, -0.05) is 13.8 Å². The number of fused-ring (bicyclic) bond motifs is 1. The van der Waals surface area contributed by atoms with E-state index in [-0.39, 0.29) is 29.1 Å². The van der Waals surface area contributed by atoms with Gasteiger partial charge in [0, 0.05) is 12.5 Å². The van der Waals surface area contributed by atoms with Crippen LogP contribution in [0.4, 0.5) is 4.79 Å². The Morgan fingerprint density at radius 1 is 1.24 bits per heavy atom. The second-order valence-corrected chi connectivity index (χ2v) is 9.19. The fourth-order valence-electron chi connectivity index (χ4n) is 4.22. The smallest absolute Gasteiger partial charge is 0.408 e. The molecule has 1 saturated heterocycles. The van der Waals surface area contributed by atoms with E-state index in [1.165, 1.54) is 4.90 Å². The Balaban J connectivity index is 1.71. The van der Waals surface area contributed by atoms with Crippen LogP contribution >= 0.6 is 0 Å². The number of amides is 2. The summed E-state index contributed by atoms with van der Waals surface area (Å²) in [5, 5.41) is 12.3. The maximum absolute atomic E-state index is 13.0. The van der Waals surface area contributed by atoms with Crippen molar-refractivity contribution in [2.24, 2.45) is 23.2 Å². The number of nitrogens with one attached hydrogen (secondary N) is 1. The highest BCUT2D eigenvalue weighted by molar-refractivity contribution is 5.91. The third kappa shape index (κ3) is 3.33. The summed E-state index contributed by atoms with van der Waals surface area (Å²) in [6, 6.07) is -1.49. The van der Waals surface area contributed by atoms with Crippen molar-refractivity contribution in [3.63, 3.8) is 0 Å². The van der Waals surface area contributed by atoms with Crippen LogP contribution in [0.25, 0.3) is 0 Å². The van der Waals surface area contributed by atoms with Crippen molar-refractivity contribution in [1.29, 1.82) is 0 Å². The molecule has 3 rings (SSSR count). The molecule has 0 spiro atoms. The van der Waals surface area contributed by atoms with Crippen LogP contribution in [0.3, 0.4) is 0 Å². The highest BCUT2D eigenvalue weighted by atomic mass is 16.6. The third-order valence-electron chi connectivity index (χ3n) is 5.78. The minimum absolute atomic E-state index is 0.00432. The Hall–Kier alpha value is -1.79. The lowest BCUT2D eigenvalue weighted by atomic mass is 10.00. The van der Waals surface area contributed by atoms with Gasteiger partial charge in [0.1, 0.15) is 17.7 Å². The average Bonchev–Trinajstić information content (AvgIpc) is 3.30. The Morgan fingerprint density at radius 2 is 1.84 bits per heavy atom. The number of piperidine rings is 1. The summed E-state index contributed by atoms with van der Waals surface area (Å²) in [6.07, 6.45) is 1.08. The maximum atomic E-state index is 13.0. The molecule has 25 heavy (non-hydrogen) atoms. The molecule has 0 aromatic carbocycles. The van der Waals surface area contributed by atoms with Crippen molar-refractivity contribution in [3.8, 4) is 0 Å². The maximum Gasteiger partial charge on any atom is 0.408 e. The van der Waals surface area contributed by atoms with Crippen LogP contribution in [0.1, 0.15) is 47.5 Å². The first-order chi connectivity index (χ1) is 11.4. The second kappa shape index (κ2) is 5.61. The van der Waals surface area contributed by atoms with Gasteiger partial charge in [-0.25, -0.2) is 9.59 Å². The van der Waals surface area contributed by atoms with Crippen molar-refractivity contribution in [2.45, 2.75) is 65.1 Å². The molecule has 140 valence electrons. The number of likely N-dealkylation sites (tertiary alicyclic amines) is 1. The zero-order valence-corrected chi connectivity index (χ0v) is 15.5. The van der Waals surface area contributed by atoms with E-state index in [0.717, 1.165) is 12.8 Å². The lowest BCUT2D eigenvalue weighted by molar-refractivity contribution is -0.151. The molecule has 4 atom stereocenters. The molecule has 1 heterocycles. The highest BCUT2D eigenvalue weighted by Crippen LogP contribution is 2.65. The summed E-state index contributed by atoms with van der Waals surface area (Å²) in [5.41, 5.74) is -0.683. The van der Waals surface area contributed by atoms with Gasteiger partial charge in [0.25, 0.3) is 0 Å². The molecule has 0 aromatic rings. The van der Waals surface area contributed by atoms with Gasteiger partial charge < -0.3 is 20.1 Å². The molecule has 0 radical (unpaired) electrons. The summed E-state index contributed by atoms with van der Waals surface area (Å²) in [6.45, 7) is 9.84. The quantitative estimate of drug-likeness (QED) is 0.805. The van der Waals surface area contributed by atoms with Crippen molar-refractivity contribution in [1.82, 2.24) is 10.2 Å². The molecule has 0 bridgehead atoms. The van der Waals surface area contributed by atoms with Crippen LogP contribution in [-0.2, 0) is 14.3 Å². The van der Waals surface area contributed by atoms with Crippen LogP contribution < -0.4 is 5.32 Å². The summed E-state index contributed by atoms with van der Waals surface area (Å²) in [4.78, 5) is 38.3. The first-order valence-corrected chi connectivity index (χ1v) is 8.96. The molecule has 7 heteroatoms. The topological polar surface area (TPSA) is 95.9 Å². The Bertz CT molecular complexity index is 605. The number of carboxylic acid groups (broad SMARTS) is 1.